The van der Waals surface area contributed by atoms with E-state index in [9.17, 15) is 4.79 Å². The smallest absolute Gasteiger partial charge is 0.339 e. The third kappa shape index (κ3) is 4.76. The average Bonchev–Trinajstić information content (AvgIpc) is 3.63. The fourth-order valence-electron chi connectivity index (χ4n) is 4.26. The zero-order valence-electron chi connectivity index (χ0n) is 21.4. The van der Waals surface area contributed by atoms with Gasteiger partial charge in [0.05, 0.1) is 40.3 Å². The van der Waals surface area contributed by atoms with Crippen LogP contribution in [0.5, 0.6) is 23.0 Å². The van der Waals surface area contributed by atoms with Crippen LogP contribution >= 0.6 is 0 Å². The second kappa shape index (κ2) is 10.6. The molecule has 0 amide bonds. The highest BCUT2D eigenvalue weighted by Gasteiger charge is 2.26. The molecule has 38 heavy (non-hydrogen) atoms. The lowest BCUT2D eigenvalue weighted by atomic mass is 9.95. The Hall–Kier alpha value is -4.85. The summed E-state index contributed by atoms with van der Waals surface area (Å²) in [5, 5.41) is 0.566. The maximum atomic E-state index is 13.5. The maximum absolute atomic E-state index is 13.5. The summed E-state index contributed by atoms with van der Waals surface area (Å²) < 4.78 is 39.2. The number of rotatable bonds is 9. The molecule has 0 atom stereocenters. The van der Waals surface area contributed by atoms with E-state index >= 15 is 0 Å². The lowest BCUT2D eigenvalue weighted by molar-refractivity contribution is 0.0447. The first-order valence-corrected chi connectivity index (χ1v) is 11.8. The van der Waals surface area contributed by atoms with E-state index in [2.05, 4.69) is 0 Å². The predicted octanol–water partition coefficient (Wildman–Crippen LogP) is 6.75. The molecule has 0 spiro atoms. The molecule has 0 unspecified atom stereocenters. The van der Waals surface area contributed by atoms with Crippen LogP contribution in [0.25, 0.3) is 33.4 Å². The second-order valence-corrected chi connectivity index (χ2v) is 8.34. The highest BCUT2D eigenvalue weighted by molar-refractivity contribution is 6.13. The van der Waals surface area contributed by atoms with Crippen LogP contribution in [0.2, 0.25) is 0 Å². The van der Waals surface area contributed by atoms with Crippen molar-refractivity contribution in [2.24, 2.45) is 0 Å². The van der Waals surface area contributed by atoms with E-state index < -0.39 is 5.97 Å². The number of furan rings is 2. The summed E-state index contributed by atoms with van der Waals surface area (Å²) in [6, 6.07) is 19.8. The van der Waals surface area contributed by atoms with Gasteiger partial charge in [-0.3, -0.25) is 0 Å². The number of hydrogen-bond donors (Lipinski definition) is 0. The van der Waals surface area contributed by atoms with E-state index in [4.69, 9.17) is 32.5 Å². The fourth-order valence-corrected chi connectivity index (χ4v) is 4.26. The van der Waals surface area contributed by atoms with Gasteiger partial charge in [0.25, 0.3) is 0 Å². The van der Waals surface area contributed by atoms with Crippen molar-refractivity contribution in [2.75, 3.05) is 28.4 Å². The van der Waals surface area contributed by atoms with Crippen molar-refractivity contribution in [1.82, 2.24) is 0 Å². The zero-order valence-corrected chi connectivity index (χ0v) is 21.4. The lowest BCUT2D eigenvalue weighted by Crippen LogP contribution is -2.06. The highest BCUT2D eigenvalue weighted by Crippen LogP contribution is 2.45. The molecule has 3 aromatic carbocycles. The van der Waals surface area contributed by atoms with Crippen LogP contribution in [0.4, 0.5) is 0 Å². The number of esters is 1. The number of ether oxygens (including phenoxy) is 5. The van der Waals surface area contributed by atoms with Crippen molar-refractivity contribution in [1.29, 1.82) is 0 Å². The van der Waals surface area contributed by atoms with Crippen LogP contribution in [-0.2, 0) is 11.3 Å². The van der Waals surface area contributed by atoms with Crippen LogP contribution in [0.1, 0.15) is 16.1 Å². The van der Waals surface area contributed by atoms with Gasteiger partial charge < -0.3 is 32.5 Å². The molecule has 0 N–H and O–H groups in total. The van der Waals surface area contributed by atoms with E-state index in [0.717, 1.165) is 11.1 Å². The van der Waals surface area contributed by atoms with Crippen LogP contribution in [0.3, 0.4) is 0 Å². The Morgan fingerprint density at radius 3 is 2.00 bits per heavy atom. The molecule has 0 fully saturated rings. The first-order valence-electron chi connectivity index (χ1n) is 11.8. The second-order valence-electron chi connectivity index (χ2n) is 8.34. The Labute approximate surface area is 219 Å². The van der Waals surface area contributed by atoms with Gasteiger partial charge in [0, 0.05) is 28.6 Å². The van der Waals surface area contributed by atoms with Gasteiger partial charge in [-0.05, 0) is 60.2 Å². The Morgan fingerprint density at radius 2 is 1.39 bits per heavy atom. The van der Waals surface area contributed by atoms with Crippen LogP contribution in [-0.4, -0.2) is 34.4 Å². The molecule has 0 aliphatic rings. The molecular weight excluding hydrogens is 488 g/mol. The van der Waals surface area contributed by atoms with Crippen LogP contribution < -0.4 is 18.9 Å². The Balaban J connectivity index is 1.76. The molecule has 194 valence electrons. The molecular formula is C30H26O8. The summed E-state index contributed by atoms with van der Waals surface area (Å²) in [4.78, 5) is 13.5. The van der Waals surface area contributed by atoms with Gasteiger partial charge in [0.15, 0.2) is 0 Å². The Bertz CT molecular complexity index is 1540. The number of hydrogen-bond acceptors (Lipinski definition) is 8. The molecule has 5 aromatic rings. The average molecular weight is 515 g/mol. The number of fused-ring (bicyclic) bond motifs is 1. The maximum Gasteiger partial charge on any atom is 0.339 e. The van der Waals surface area contributed by atoms with Crippen molar-refractivity contribution in [3.63, 3.8) is 0 Å². The minimum Gasteiger partial charge on any atom is -0.497 e. The normalized spacial score (nSPS) is 10.8. The molecule has 8 heteroatoms. The quantitative estimate of drug-likeness (QED) is 0.200. The molecule has 0 saturated carbocycles. The molecule has 0 radical (unpaired) electrons. The SMILES string of the molecule is COc1ccc(-c2oc3cc(OC)cc(C(=O)OCc4ccco4)c3c2-c2cc(OC)cc(OC)c2)cc1. The lowest BCUT2D eigenvalue weighted by Gasteiger charge is -2.12. The van der Waals surface area contributed by atoms with Crippen molar-refractivity contribution >= 4 is 16.9 Å². The summed E-state index contributed by atoms with van der Waals surface area (Å²) in [5.74, 6) is 2.86. The summed E-state index contributed by atoms with van der Waals surface area (Å²) in [6.45, 7) is -0.0178. The molecule has 0 aliphatic carbocycles. The standard InChI is InChI=1S/C30H26O8/c1-32-20-9-7-18(8-10-20)29-27(19-12-22(33-2)14-23(13-19)34-3)28-25(15-24(35-4)16-26(28)38-29)30(31)37-17-21-6-5-11-36-21/h5-16H,17H2,1-4H3. The summed E-state index contributed by atoms with van der Waals surface area (Å²) in [5.41, 5.74) is 2.93. The predicted molar refractivity (Wildman–Crippen MR) is 141 cm³/mol. The molecule has 5 rings (SSSR count). The summed E-state index contributed by atoms with van der Waals surface area (Å²) in [6.07, 6.45) is 1.53. The van der Waals surface area contributed by atoms with Gasteiger partial charge >= 0.3 is 5.97 Å². The van der Waals surface area contributed by atoms with Gasteiger partial charge in [-0.15, -0.1) is 0 Å². The number of carbonyl (C=O) groups is 1. The van der Waals surface area contributed by atoms with E-state index in [1.165, 1.54) is 13.4 Å². The molecule has 0 aliphatic heterocycles. The van der Waals surface area contributed by atoms with Crippen molar-refractivity contribution < 1.29 is 37.3 Å². The first kappa shape index (κ1) is 24.8. The number of carbonyl (C=O) groups excluding carboxylic acids is 1. The van der Waals surface area contributed by atoms with Gasteiger partial charge in [-0.1, -0.05) is 0 Å². The van der Waals surface area contributed by atoms with E-state index in [1.54, 1.807) is 51.7 Å². The van der Waals surface area contributed by atoms with Gasteiger partial charge in [0.1, 0.15) is 46.7 Å². The zero-order chi connectivity index (χ0) is 26.6. The Morgan fingerprint density at radius 1 is 0.737 bits per heavy atom. The molecule has 2 heterocycles. The topological polar surface area (TPSA) is 89.5 Å². The van der Waals surface area contributed by atoms with Crippen LogP contribution in [0.15, 0.2) is 81.8 Å². The van der Waals surface area contributed by atoms with Crippen molar-refractivity contribution in [2.45, 2.75) is 6.61 Å². The van der Waals surface area contributed by atoms with Gasteiger partial charge in [0.2, 0.25) is 0 Å². The number of methoxy groups -OCH3 is 4. The third-order valence-corrected chi connectivity index (χ3v) is 6.14. The minimum absolute atomic E-state index is 0.0178. The monoisotopic (exact) mass is 514 g/mol. The van der Waals surface area contributed by atoms with Gasteiger partial charge in [-0.25, -0.2) is 4.79 Å². The van der Waals surface area contributed by atoms with Crippen LogP contribution in [0, 0.1) is 0 Å². The van der Waals surface area contributed by atoms with E-state index in [0.29, 0.717) is 51.1 Å². The molecule has 0 bridgehead atoms. The van der Waals surface area contributed by atoms with E-state index in [-0.39, 0.29) is 12.2 Å². The highest BCUT2D eigenvalue weighted by atomic mass is 16.5. The first-order chi connectivity index (χ1) is 18.5. The molecule has 0 saturated heterocycles. The Kier molecular flexibility index (Phi) is 6.95. The van der Waals surface area contributed by atoms with Crippen molar-refractivity contribution in [3.05, 3.63) is 84.3 Å². The minimum atomic E-state index is -0.552. The molecule has 8 nitrogen and oxygen atoms in total. The number of benzene rings is 3. The summed E-state index contributed by atoms with van der Waals surface area (Å²) in [7, 11) is 6.30. The largest absolute Gasteiger partial charge is 0.497 e. The fraction of sp³-hybridized carbons (Fsp3) is 0.167. The third-order valence-electron chi connectivity index (χ3n) is 6.14. The van der Waals surface area contributed by atoms with Crippen molar-refractivity contribution in [3.8, 4) is 45.4 Å². The molecule has 2 aromatic heterocycles. The summed E-state index contributed by atoms with van der Waals surface area (Å²) >= 11 is 0. The van der Waals surface area contributed by atoms with E-state index in [1.807, 2.05) is 36.4 Å². The van der Waals surface area contributed by atoms with Gasteiger partial charge in [-0.2, -0.15) is 0 Å².